The van der Waals surface area contributed by atoms with Crippen LogP contribution in [0.3, 0.4) is 0 Å². The molecule has 0 unspecified atom stereocenters. The van der Waals surface area contributed by atoms with Crippen LogP contribution in [-0.2, 0) is 19.6 Å². The fraction of sp³-hybridized carbons (Fsp3) is 0.278. The van der Waals surface area contributed by atoms with Crippen molar-refractivity contribution in [2.75, 3.05) is 0 Å². The van der Waals surface area contributed by atoms with Crippen LogP contribution in [0.15, 0.2) is 35.7 Å². The van der Waals surface area contributed by atoms with Crippen molar-refractivity contribution in [2.45, 2.75) is 33.5 Å². The Hall–Kier alpha value is -2.22. The molecule has 0 bridgehead atoms. The maximum atomic E-state index is 12.2. The van der Waals surface area contributed by atoms with Gasteiger partial charge < -0.3 is 11.1 Å². The van der Waals surface area contributed by atoms with Crippen molar-refractivity contribution < 1.29 is 4.79 Å². The summed E-state index contributed by atoms with van der Waals surface area (Å²) in [6, 6.07) is 10.2. The van der Waals surface area contributed by atoms with Crippen molar-refractivity contribution in [3.63, 3.8) is 0 Å². The first-order valence-corrected chi connectivity index (χ1v) is 8.96. The van der Waals surface area contributed by atoms with Crippen LogP contribution in [-0.4, -0.2) is 20.7 Å². The van der Waals surface area contributed by atoms with Gasteiger partial charge in [0.05, 0.1) is 12.2 Å². The fourth-order valence-corrected chi connectivity index (χ4v) is 3.32. The number of nitrogens with one attached hydrogen (secondary N) is 1. The molecule has 0 aliphatic rings. The van der Waals surface area contributed by atoms with E-state index in [2.05, 4.69) is 27.5 Å². The van der Waals surface area contributed by atoms with E-state index in [1.54, 1.807) is 5.38 Å². The second-order valence-electron chi connectivity index (χ2n) is 5.81. The van der Waals surface area contributed by atoms with Crippen LogP contribution < -0.4 is 11.1 Å². The molecule has 138 valence electrons. The molecule has 3 N–H and O–H groups in total. The second kappa shape index (κ2) is 8.93. The summed E-state index contributed by atoms with van der Waals surface area (Å²) in [5.41, 5.74) is 10.2. The minimum absolute atomic E-state index is 0. The minimum atomic E-state index is -0.189. The van der Waals surface area contributed by atoms with Crippen LogP contribution in [0.4, 0.5) is 0 Å². The number of amides is 1. The summed E-state index contributed by atoms with van der Waals surface area (Å²) in [5, 5.41) is 10.0. The molecule has 1 amide bonds. The molecule has 0 radical (unpaired) electrons. The van der Waals surface area contributed by atoms with E-state index in [1.165, 1.54) is 16.9 Å². The van der Waals surface area contributed by atoms with E-state index in [0.29, 0.717) is 25.3 Å². The lowest BCUT2D eigenvalue weighted by atomic mass is 10.2. The van der Waals surface area contributed by atoms with Crippen LogP contribution in [0, 0.1) is 13.8 Å². The fourth-order valence-electron chi connectivity index (χ4n) is 2.67. The zero-order valence-corrected chi connectivity index (χ0v) is 16.4. The van der Waals surface area contributed by atoms with E-state index < -0.39 is 0 Å². The molecule has 0 saturated heterocycles. The van der Waals surface area contributed by atoms with Gasteiger partial charge in [0.2, 0.25) is 0 Å². The molecule has 0 aliphatic carbocycles. The second-order valence-corrected chi connectivity index (χ2v) is 6.75. The number of nitrogens with zero attached hydrogens (tertiary/aromatic N) is 3. The first-order valence-electron chi connectivity index (χ1n) is 8.08. The molecule has 8 heteroatoms. The molecule has 0 aliphatic heterocycles. The molecule has 3 rings (SSSR count). The topological polar surface area (TPSA) is 85.8 Å². The average Bonchev–Trinajstić information content (AvgIpc) is 3.20. The van der Waals surface area contributed by atoms with E-state index in [9.17, 15) is 4.79 Å². The number of hydrogen-bond acceptors (Lipinski definition) is 5. The SMILES string of the molecule is Cc1nn(Cc2ccccc2)c(C)c1CNC(=O)c1csc(CN)n1.Cl. The standard InChI is InChI=1S/C18H21N5OS.ClH/c1-12-15(9-20-18(24)16-11-25-17(8-19)21-16)13(2)23(22-12)10-14-6-4-3-5-7-14;/h3-7,11H,8-10,19H2,1-2H3,(H,20,24);1H. The highest BCUT2D eigenvalue weighted by Crippen LogP contribution is 2.15. The van der Waals surface area contributed by atoms with Crippen molar-refractivity contribution in [3.8, 4) is 0 Å². The lowest BCUT2D eigenvalue weighted by molar-refractivity contribution is 0.0946. The van der Waals surface area contributed by atoms with Crippen molar-refractivity contribution in [1.29, 1.82) is 0 Å². The maximum absolute atomic E-state index is 12.2. The Balaban J connectivity index is 0.00000243. The van der Waals surface area contributed by atoms with Crippen LogP contribution in [0.25, 0.3) is 0 Å². The Labute approximate surface area is 162 Å². The molecule has 0 spiro atoms. The van der Waals surface area contributed by atoms with E-state index in [4.69, 9.17) is 5.73 Å². The summed E-state index contributed by atoms with van der Waals surface area (Å²) < 4.78 is 1.97. The molecule has 3 aromatic rings. The summed E-state index contributed by atoms with van der Waals surface area (Å²) >= 11 is 1.40. The van der Waals surface area contributed by atoms with Gasteiger partial charge in [-0.25, -0.2) is 4.98 Å². The van der Waals surface area contributed by atoms with E-state index in [0.717, 1.165) is 22.0 Å². The average molecular weight is 392 g/mol. The smallest absolute Gasteiger partial charge is 0.271 e. The molecule has 26 heavy (non-hydrogen) atoms. The third-order valence-electron chi connectivity index (χ3n) is 4.09. The highest BCUT2D eigenvalue weighted by molar-refractivity contribution is 7.09. The molecule has 6 nitrogen and oxygen atoms in total. The van der Waals surface area contributed by atoms with Gasteiger partial charge in [-0.2, -0.15) is 5.10 Å². The van der Waals surface area contributed by atoms with E-state index in [1.807, 2.05) is 36.7 Å². The number of aryl methyl sites for hydroxylation is 1. The van der Waals surface area contributed by atoms with Crippen molar-refractivity contribution >= 4 is 29.7 Å². The Morgan fingerprint density at radius 1 is 1.27 bits per heavy atom. The number of aromatic nitrogens is 3. The monoisotopic (exact) mass is 391 g/mol. The summed E-state index contributed by atoms with van der Waals surface area (Å²) in [7, 11) is 0. The molecule has 1 aromatic carbocycles. The minimum Gasteiger partial charge on any atom is -0.346 e. The van der Waals surface area contributed by atoms with Gasteiger partial charge in [-0.3, -0.25) is 9.48 Å². The predicted octanol–water partition coefficient (Wildman–Crippen LogP) is 2.82. The lowest BCUT2D eigenvalue weighted by Gasteiger charge is -2.07. The Bertz CT molecular complexity index is 875. The van der Waals surface area contributed by atoms with Gasteiger partial charge in [0, 0.05) is 29.7 Å². The lowest BCUT2D eigenvalue weighted by Crippen LogP contribution is -2.24. The number of halogens is 1. The van der Waals surface area contributed by atoms with Gasteiger partial charge in [-0.1, -0.05) is 30.3 Å². The first-order chi connectivity index (χ1) is 12.1. The van der Waals surface area contributed by atoms with E-state index in [-0.39, 0.29) is 18.3 Å². The molecule has 0 saturated carbocycles. The summed E-state index contributed by atoms with van der Waals surface area (Å²) in [5.74, 6) is -0.189. The number of thiazole rings is 1. The zero-order chi connectivity index (χ0) is 17.8. The van der Waals surface area contributed by atoms with Gasteiger partial charge in [-0.15, -0.1) is 23.7 Å². The van der Waals surface area contributed by atoms with Crippen LogP contribution in [0.5, 0.6) is 0 Å². The highest BCUT2D eigenvalue weighted by Gasteiger charge is 2.15. The Morgan fingerprint density at radius 2 is 2.00 bits per heavy atom. The maximum Gasteiger partial charge on any atom is 0.271 e. The number of carbonyl (C=O) groups excluding carboxylic acids is 1. The number of nitrogens with two attached hydrogens (primary N) is 1. The largest absolute Gasteiger partial charge is 0.346 e. The third kappa shape index (κ3) is 4.49. The van der Waals surface area contributed by atoms with Gasteiger partial charge in [-0.05, 0) is 19.4 Å². The van der Waals surface area contributed by atoms with Crippen LogP contribution in [0.1, 0.15) is 38.0 Å². The van der Waals surface area contributed by atoms with E-state index >= 15 is 0 Å². The summed E-state index contributed by atoms with van der Waals surface area (Å²) in [6.07, 6.45) is 0. The van der Waals surface area contributed by atoms with Crippen molar-refractivity contribution in [1.82, 2.24) is 20.1 Å². The quantitative estimate of drug-likeness (QED) is 0.676. The Kier molecular flexibility index (Phi) is 6.90. The molecular formula is C18H22ClN5OS. The molecule has 2 aromatic heterocycles. The first kappa shape index (κ1) is 20.1. The number of carbonyl (C=O) groups is 1. The molecule has 0 atom stereocenters. The van der Waals surface area contributed by atoms with Crippen molar-refractivity contribution in [2.24, 2.45) is 5.73 Å². The summed E-state index contributed by atoms with van der Waals surface area (Å²) in [6.45, 7) is 5.49. The molecule has 2 heterocycles. The van der Waals surface area contributed by atoms with Crippen molar-refractivity contribution in [3.05, 3.63) is 68.9 Å². The molecule has 0 fully saturated rings. The van der Waals surface area contributed by atoms with Gasteiger partial charge in [0.15, 0.2) is 0 Å². The van der Waals surface area contributed by atoms with Gasteiger partial charge in [0.1, 0.15) is 10.7 Å². The predicted molar refractivity (Wildman–Crippen MR) is 106 cm³/mol. The van der Waals surface area contributed by atoms with Gasteiger partial charge in [0.25, 0.3) is 5.91 Å². The highest BCUT2D eigenvalue weighted by atomic mass is 35.5. The normalized spacial score (nSPS) is 10.4. The summed E-state index contributed by atoms with van der Waals surface area (Å²) in [4.78, 5) is 16.4. The van der Waals surface area contributed by atoms with Gasteiger partial charge >= 0.3 is 0 Å². The van der Waals surface area contributed by atoms with Crippen LogP contribution >= 0.6 is 23.7 Å². The Morgan fingerprint density at radius 3 is 2.65 bits per heavy atom. The number of rotatable bonds is 6. The third-order valence-corrected chi connectivity index (χ3v) is 4.96. The number of hydrogen-bond donors (Lipinski definition) is 2. The van der Waals surface area contributed by atoms with Crippen LogP contribution in [0.2, 0.25) is 0 Å². The molecular weight excluding hydrogens is 370 g/mol. The number of benzene rings is 1. The zero-order valence-electron chi connectivity index (χ0n) is 14.7.